The van der Waals surface area contributed by atoms with Crippen molar-refractivity contribution < 1.29 is 15.0 Å². The maximum absolute atomic E-state index is 11.1. The summed E-state index contributed by atoms with van der Waals surface area (Å²) in [7, 11) is 0. The lowest BCUT2D eigenvalue weighted by Crippen LogP contribution is -2.48. The molecule has 1 aliphatic rings. The van der Waals surface area contributed by atoms with Crippen LogP contribution >= 0.6 is 0 Å². The molecule has 3 aromatic heterocycles. The summed E-state index contributed by atoms with van der Waals surface area (Å²) >= 11 is 0. The van der Waals surface area contributed by atoms with Gasteiger partial charge in [-0.25, -0.2) is 9.78 Å². The van der Waals surface area contributed by atoms with Crippen LogP contribution in [-0.4, -0.2) is 59.4 Å². The summed E-state index contributed by atoms with van der Waals surface area (Å²) in [5.41, 5.74) is 2.18. The molecule has 0 atom stereocenters. The van der Waals surface area contributed by atoms with Crippen LogP contribution in [-0.2, 0) is 6.54 Å². The Balaban J connectivity index is 1.73. The van der Waals surface area contributed by atoms with E-state index in [1.54, 1.807) is 12.4 Å². The van der Waals surface area contributed by atoms with Crippen LogP contribution in [0.1, 0.15) is 18.7 Å². The van der Waals surface area contributed by atoms with Gasteiger partial charge in [-0.2, -0.15) is 0 Å². The number of aryl methyl sites for hydroxylation is 1. The zero-order valence-electron chi connectivity index (χ0n) is 13.9. The molecule has 0 unspecified atom stereocenters. The lowest BCUT2D eigenvalue weighted by Gasteiger charge is -2.37. The van der Waals surface area contributed by atoms with E-state index in [4.69, 9.17) is 5.11 Å². The standard InChI is InChI=1S/C17H19N5O3/c1-11-20-13-9-19-12-3-2-6-18-14(12)15(13)22(11)10-17(25)4-7-21(8-5-17)16(23)24/h2-3,6,9,25H,4-5,7-8,10H2,1H3,(H,23,24). The number of hydrogen-bond acceptors (Lipinski definition) is 5. The number of fused-ring (bicyclic) bond motifs is 3. The number of nitrogens with zero attached hydrogens (tertiary/aromatic N) is 5. The highest BCUT2D eigenvalue weighted by molar-refractivity contribution is 5.99. The number of likely N-dealkylation sites (tertiary alicyclic amines) is 1. The molecule has 8 nitrogen and oxygen atoms in total. The van der Waals surface area contributed by atoms with Gasteiger partial charge in [0.25, 0.3) is 0 Å². The minimum absolute atomic E-state index is 0.331. The number of imidazole rings is 1. The first-order valence-corrected chi connectivity index (χ1v) is 8.24. The third kappa shape index (κ3) is 2.68. The van der Waals surface area contributed by atoms with Gasteiger partial charge in [0, 0.05) is 19.3 Å². The van der Waals surface area contributed by atoms with Crippen LogP contribution in [0.2, 0.25) is 0 Å². The highest BCUT2D eigenvalue weighted by atomic mass is 16.4. The van der Waals surface area contributed by atoms with Gasteiger partial charge in [-0.15, -0.1) is 0 Å². The van der Waals surface area contributed by atoms with Crippen molar-refractivity contribution in [3.63, 3.8) is 0 Å². The number of rotatable bonds is 2. The number of carboxylic acid groups (broad SMARTS) is 1. The monoisotopic (exact) mass is 341 g/mol. The van der Waals surface area contributed by atoms with Crippen LogP contribution in [0.3, 0.4) is 0 Å². The molecule has 4 rings (SSSR count). The van der Waals surface area contributed by atoms with Crippen LogP contribution in [0, 0.1) is 6.92 Å². The molecule has 25 heavy (non-hydrogen) atoms. The van der Waals surface area contributed by atoms with E-state index < -0.39 is 11.7 Å². The Morgan fingerprint density at radius 2 is 2.04 bits per heavy atom. The molecule has 8 heteroatoms. The maximum atomic E-state index is 11.1. The third-order valence-electron chi connectivity index (χ3n) is 4.94. The van der Waals surface area contributed by atoms with Crippen LogP contribution in [0.25, 0.3) is 22.1 Å². The number of pyridine rings is 2. The smallest absolute Gasteiger partial charge is 0.407 e. The zero-order valence-corrected chi connectivity index (χ0v) is 13.9. The van der Waals surface area contributed by atoms with Crippen molar-refractivity contribution >= 4 is 28.2 Å². The molecule has 3 aromatic rings. The summed E-state index contributed by atoms with van der Waals surface area (Å²) in [6, 6.07) is 3.73. The molecule has 0 spiro atoms. The van der Waals surface area contributed by atoms with Crippen molar-refractivity contribution in [3.05, 3.63) is 30.4 Å². The van der Waals surface area contributed by atoms with Gasteiger partial charge in [-0.05, 0) is 31.9 Å². The fraction of sp³-hybridized carbons (Fsp3) is 0.412. The topological polar surface area (TPSA) is 104 Å². The van der Waals surface area contributed by atoms with E-state index in [-0.39, 0.29) is 0 Å². The first-order valence-electron chi connectivity index (χ1n) is 8.24. The normalized spacial score (nSPS) is 17.3. The zero-order chi connectivity index (χ0) is 17.6. The van der Waals surface area contributed by atoms with Crippen molar-refractivity contribution in [2.75, 3.05) is 13.1 Å². The SMILES string of the molecule is Cc1nc2cnc3cccnc3c2n1CC1(O)CCN(C(=O)O)CC1. The van der Waals surface area contributed by atoms with Crippen molar-refractivity contribution in [3.8, 4) is 0 Å². The predicted molar refractivity (Wildman–Crippen MR) is 91.3 cm³/mol. The molecule has 1 saturated heterocycles. The molecular formula is C17H19N5O3. The number of piperidine rings is 1. The number of aliphatic hydroxyl groups is 1. The number of carbonyl (C=O) groups is 1. The highest BCUT2D eigenvalue weighted by Crippen LogP contribution is 2.29. The van der Waals surface area contributed by atoms with Gasteiger partial charge in [-0.3, -0.25) is 9.97 Å². The Hall–Kier alpha value is -2.74. The lowest BCUT2D eigenvalue weighted by molar-refractivity contribution is -0.0292. The molecule has 0 aromatic carbocycles. The van der Waals surface area contributed by atoms with E-state index in [1.807, 2.05) is 23.6 Å². The van der Waals surface area contributed by atoms with Crippen LogP contribution in [0.5, 0.6) is 0 Å². The summed E-state index contributed by atoms with van der Waals surface area (Å²) in [5.74, 6) is 0.782. The summed E-state index contributed by atoms with van der Waals surface area (Å²) in [6.07, 6.45) is 3.30. The maximum Gasteiger partial charge on any atom is 0.407 e. The fourth-order valence-corrected chi connectivity index (χ4v) is 3.50. The van der Waals surface area contributed by atoms with Crippen molar-refractivity contribution in [1.29, 1.82) is 0 Å². The minimum Gasteiger partial charge on any atom is -0.465 e. The first kappa shape index (κ1) is 15.8. The van der Waals surface area contributed by atoms with E-state index in [0.29, 0.717) is 32.5 Å². The lowest BCUT2D eigenvalue weighted by atomic mass is 9.91. The molecule has 0 radical (unpaired) electrons. The van der Waals surface area contributed by atoms with Crippen LogP contribution in [0.4, 0.5) is 4.79 Å². The average molecular weight is 341 g/mol. The van der Waals surface area contributed by atoms with Gasteiger partial charge >= 0.3 is 6.09 Å². The third-order valence-corrected chi connectivity index (χ3v) is 4.94. The van der Waals surface area contributed by atoms with E-state index in [9.17, 15) is 9.90 Å². The molecule has 130 valence electrons. The quantitative estimate of drug-likeness (QED) is 0.736. The fourth-order valence-electron chi connectivity index (χ4n) is 3.50. The molecule has 0 saturated carbocycles. The molecule has 4 heterocycles. The number of hydrogen-bond donors (Lipinski definition) is 2. The van der Waals surface area contributed by atoms with Gasteiger partial charge in [0.05, 0.1) is 29.4 Å². The largest absolute Gasteiger partial charge is 0.465 e. The van der Waals surface area contributed by atoms with E-state index in [0.717, 1.165) is 27.9 Å². The van der Waals surface area contributed by atoms with Gasteiger partial charge in [0.15, 0.2) is 0 Å². The highest BCUT2D eigenvalue weighted by Gasteiger charge is 2.35. The van der Waals surface area contributed by atoms with Gasteiger partial charge < -0.3 is 19.7 Å². The Morgan fingerprint density at radius 1 is 1.28 bits per heavy atom. The van der Waals surface area contributed by atoms with E-state index in [1.165, 1.54) is 4.90 Å². The van der Waals surface area contributed by atoms with Gasteiger partial charge in [0.1, 0.15) is 16.9 Å². The summed E-state index contributed by atoms with van der Waals surface area (Å²) in [6.45, 7) is 2.92. The predicted octanol–water partition coefficient (Wildman–Crippen LogP) is 1.79. The molecular weight excluding hydrogens is 322 g/mol. The van der Waals surface area contributed by atoms with Gasteiger partial charge in [0.2, 0.25) is 0 Å². The summed E-state index contributed by atoms with van der Waals surface area (Å²) in [4.78, 5) is 25.8. The molecule has 2 N–H and O–H groups in total. The summed E-state index contributed by atoms with van der Waals surface area (Å²) in [5, 5.41) is 20.1. The second kappa shape index (κ2) is 5.66. The Morgan fingerprint density at radius 3 is 2.76 bits per heavy atom. The Bertz CT molecular complexity index is 959. The average Bonchev–Trinajstić information content (AvgIpc) is 2.91. The molecule has 1 aliphatic heterocycles. The molecule has 1 amide bonds. The Kier molecular flexibility index (Phi) is 3.57. The second-order valence-corrected chi connectivity index (χ2v) is 6.60. The number of amides is 1. The first-order chi connectivity index (χ1) is 12.0. The molecule has 1 fully saturated rings. The van der Waals surface area contributed by atoms with Crippen molar-refractivity contribution in [2.45, 2.75) is 31.9 Å². The van der Waals surface area contributed by atoms with Gasteiger partial charge in [-0.1, -0.05) is 0 Å². The van der Waals surface area contributed by atoms with E-state index >= 15 is 0 Å². The van der Waals surface area contributed by atoms with Crippen LogP contribution in [0.15, 0.2) is 24.5 Å². The van der Waals surface area contributed by atoms with E-state index in [2.05, 4.69) is 15.0 Å². The van der Waals surface area contributed by atoms with Crippen molar-refractivity contribution in [1.82, 2.24) is 24.4 Å². The Labute approximate surface area is 143 Å². The number of aromatic nitrogens is 4. The summed E-state index contributed by atoms with van der Waals surface area (Å²) < 4.78 is 1.97. The van der Waals surface area contributed by atoms with Crippen LogP contribution < -0.4 is 0 Å². The molecule has 0 bridgehead atoms. The minimum atomic E-state index is -0.964. The second-order valence-electron chi connectivity index (χ2n) is 6.60. The molecule has 0 aliphatic carbocycles. The van der Waals surface area contributed by atoms with Crippen molar-refractivity contribution in [2.24, 2.45) is 0 Å².